The molecule has 3 rings (SSSR count). The maximum Gasteiger partial charge on any atom is 0.323 e. The molecule has 7 nitrogen and oxygen atoms in total. The fourth-order valence-electron chi connectivity index (χ4n) is 3.64. The molecule has 0 spiro atoms. The van der Waals surface area contributed by atoms with Crippen molar-refractivity contribution in [3.05, 3.63) is 58.3 Å². The molecule has 1 amide bonds. The van der Waals surface area contributed by atoms with Crippen molar-refractivity contribution in [2.24, 2.45) is 0 Å². The first-order valence-electron chi connectivity index (χ1n) is 10.6. The number of nitrogens with zero attached hydrogens (tertiary/aromatic N) is 1. The molecule has 1 fully saturated rings. The molecule has 33 heavy (non-hydrogen) atoms. The van der Waals surface area contributed by atoms with Crippen molar-refractivity contribution in [2.75, 3.05) is 25.4 Å². The van der Waals surface area contributed by atoms with Crippen LogP contribution in [0.3, 0.4) is 0 Å². The zero-order chi connectivity index (χ0) is 22.9. The van der Waals surface area contributed by atoms with Crippen LogP contribution in [0.1, 0.15) is 29.7 Å². The summed E-state index contributed by atoms with van der Waals surface area (Å²) in [5.74, 6) is -1.31. The molecule has 2 unspecified atom stereocenters. The normalized spacial score (nSPS) is 19.3. The number of hydrogen-bond donors (Lipinski definition) is 2. The zero-order valence-corrected chi connectivity index (χ0v) is 20.8. The summed E-state index contributed by atoms with van der Waals surface area (Å²) < 4.78 is 5.25. The second kappa shape index (κ2) is 13.6. The summed E-state index contributed by atoms with van der Waals surface area (Å²) in [5, 5.41) is 16.5. The fraction of sp³-hybridized carbons (Fsp3) is 0.435. The van der Waals surface area contributed by atoms with Crippen molar-refractivity contribution >= 4 is 53.4 Å². The average Bonchev–Trinajstić information content (AvgIpc) is 3.27. The number of thiophene rings is 1. The van der Waals surface area contributed by atoms with Crippen LogP contribution in [0, 0.1) is 0 Å². The Morgan fingerprint density at radius 3 is 2.67 bits per heavy atom. The van der Waals surface area contributed by atoms with Crippen LogP contribution in [0.2, 0.25) is 0 Å². The van der Waals surface area contributed by atoms with E-state index in [1.807, 2.05) is 47.2 Å². The van der Waals surface area contributed by atoms with Gasteiger partial charge >= 0.3 is 11.9 Å². The highest BCUT2D eigenvalue weighted by atomic mass is 35.5. The number of halogens is 1. The number of carboxylic acid groups (broad SMARTS) is 1. The maximum atomic E-state index is 13.2. The summed E-state index contributed by atoms with van der Waals surface area (Å²) >= 11 is 3.17. The molecular weight excluding hydrogens is 484 g/mol. The first-order valence-corrected chi connectivity index (χ1v) is 12.6. The second-order valence-electron chi connectivity index (χ2n) is 7.54. The Morgan fingerprint density at radius 1 is 1.27 bits per heavy atom. The van der Waals surface area contributed by atoms with Gasteiger partial charge in [0.25, 0.3) is 0 Å². The molecule has 1 aliphatic rings. The van der Waals surface area contributed by atoms with Gasteiger partial charge in [-0.05, 0) is 47.7 Å². The number of aliphatic carboxylic acids is 1. The van der Waals surface area contributed by atoms with Crippen LogP contribution in [-0.2, 0) is 25.5 Å². The van der Waals surface area contributed by atoms with E-state index in [2.05, 4.69) is 5.32 Å². The first kappa shape index (κ1) is 27.2. The monoisotopic (exact) mass is 512 g/mol. The lowest BCUT2D eigenvalue weighted by Crippen LogP contribution is -2.53. The number of carboxylic acids is 1. The number of amides is 1. The molecule has 2 aromatic rings. The average molecular weight is 513 g/mol. The molecule has 1 saturated heterocycles. The van der Waals surface area contributed by atoms with E-state index in [0.717, 1.165) is 11.1 Å². The van der Waals surface area contributed by atoms with Crippen molar-refractivity contribution in [3.63, 3.8) is 0 Å². The highest BCUT2D eigenvalue weighted by molar-refractivity contribution is 7.99. The number of rotatable bonds is 10. The topological polar surface area (TPSA) is 95.9 Å². The Morgan fingerprint density at radius 2 is 2.03 bits per heavy atom. The van der Waals surface area contributed by atoms with Gasteiger partial charge in [-0.15, -0.1) is 24.2 Å². The van der Waals surface area contributed by atoms with Crippen molar-refractivity contribution in [3.8, 4) is 0 Å². The second-order valence-corrected chi connectivity index (χ2v) is 9.56. The summed E-state index contributed by atoms with van der Waals surface area (Å²) in [7, 11) is 0. The van der Waals surface area contributed by atoms with Gasteiger partial charge in [0.2, 0.25) is 5.91 Å². The number of hydrogen-bond acceptors (Lipinski definition) is 7. The third-order valence-corrected chi connectivity index (χ3v) is 7.29. The SMILES string of the molecule is CCOC(=O)[C@@H](CCc1ccccc1)NC1CSC(c2ccsc2)CN(CC(=O)O)C1=O.Cl. The van der Waals surface area contributed by atoms with Gasteiger partial charge in [-0.25, -0.2) is 0 Å². The van der Waals surface area contributed by atoms with Crippen LogP contribution in [0.4, 0.5) is 0 Å². The number of carbonyl (C=O) groups excluding carboxylic acids is 2. The lowest BCUT2D eigenvalue weighted by atomic mass is 10.0. The highest BCUT2D eigenvalue weighted by Gasteiger charge is 2.35. The Labute approximate surface area is 208 Å². The van der Waals surface area contributed by atoms with Crippen LogP contribution in [-0.4, -0.2) is 65.4 Å². The number of esters is 1. The van der Waals surface area contributed by atoms with Crippen LogP contribution in [0.15, 0.2) is 47.2 Å². The van der Waals surface area contributed by atoms with Crippen LogP contribution < -0.4 is 5.32 Å². The van der Waals surface area contributed by atoms with Gasteiger partial charge in [0.15, 0.2) is 0 Å². The number of benzene rings is 1. The Balaban J connectivity index is 0.00000385. The summed E-state index contributed by atoms with van der Waals surface area (Å²) in [6, 6.07) is 10.5. The minimum Gasteiger partial charge on any atom is -0.480 e. The van der Waals surface area contributed by atoms with E-state index >= 15 is 0 Å². The minimum absolute atomic E-state index is 0. The quantitative estimate of drug-likeness (QED) is 0.471. The molecule has 1 aromatic heterocycles. The van der Waals surface area contributed by atoms with E-state index in [4.69, 9.17) is 4.74 Å². The Kier molecular flexibility index (Phi) is 11.2. The number of nitrogens with one attached hydrogen (secondary N) is 1. The molecule has 0 bridgehead atoms. The van der Waals surface area contributed by atoms with Gasteiger partial charge in [0.1, 0.15) is 12.6 Å². The Hall–Kier alpha value is -2.07. The molecule has 0 radical (unpaired) electrons. The summed E-state index contributed by atoms with van der Waals surface area (Å²) in [4.78, 5) is 38.6. The molecule has 3 atom stereocenters. The molecule has 1 aromatic carbocycles. The molecule has 2 N–H and O–H groups in total. The third kappa shape index (κ3) is 8.03. The van der Waals surface area contributed by atoms with E-state index < -0.39 is 24.0 Å². The predicted octanol–water partition coefficient (Wildman–Crippen LogP) is 3.39. The maximum absolute atomic E-state index is 13.2. The van der Waals surface area contributed by atoms with Crippen molar-refractivity contribution in [1.29, 1.82) is 0 Å². The molecule has 0 saturated carbocycles. The van der Waals surface area contributed by atoms with Gasteiger partial charge < -0.3 is 14.7 Å². The Bertz CT molecular complexity index is 898. The molecule has 10 heteroatoms. The van der Waals surface area contributed by atoms with E-state index in [9.17, 15) is 19.5 Å². The molecule has 180 valence electrons. The van der Waals surface area contributed by atoms with Crippen molar-refractivity contribution in [1.82, 2.24) is 10.2 Å². The smallest absolute Gasteiger partial charge is 0.323 e. The summed E-state index contributed by atoms with van der Waals surface area (Å²) in [6.07, 6.45) is 1.13. The number of carbonyl (C=O) groups is 3. The van der Waals surface area contributed by atoms with Gasteiger partial charge in [-0.1, -0.05) is 30.3 Å². The number of aryl methyl sites for hydroxylation is 1. The van der Waals surface area contributed by atoms with Crippen molar-refractivity contribution in [2.45, 2.75) is 37.1 Å². The van der Waals surface area contributed by atoms with Gasteiger partial charge in [0.05, 0.1) is 12.6 Å². The summed E-state index contributed by atoms with van der Waals surface area (Å²) in [5.41, 5.74) is 2.17. The molecule has 2 heterocycles. The van der Waals surface area contributed by atoms with Gasteiger partial charge in [-0.2, -0.15) is 11.3 Å². The van der Waals surface area contributed by atoms with Crippen LogP contribution >= 0.6 is 35.5 Å². The van der Waals surface area contributed by atoms with E-state index in [1.54, 1.807) is 30.0 Å². The summed E-state index contributed by atoms with van der Waals surface area (Å²) in [6.45, 7) is 1.95. The standard InChI is InChI=1S/C23H28N2O5S2.ClH/c1-2-30-23(29)18(9-8-16-6-4-3-5-7-16)24-19-15-32-20(17-10-11-31-14-17)12-25(22(19)28)13-21(26)27;/h3-7,10-11,14,18-20,24H,2,8-9,12-13,15H2,1H3,(H,26,27);1H/t18-,19?,20?;/m1./s1. The third-order valence-electron chi connectivity index (χ3n) is 5.24. The largest absolute Gasteiger partial charge is 0.480 e. The van der Waals surface area contributed by atoms with E-state index in [0.29, 0.717) is 25.1 Å². The fourth-order valence-corrected chi connectivity index (χ4v) is 5.73. The first-order chi connectivity index (χ1) is 15.5. The molecule has 1 aliphatic heterocycles. The zero-order valence-electron chi connectivity index (χ0n) is 18.3. The highest BCUT2D eigenvalue weighted by Crippen LogP contribution is 2.34. The van der Waals surface area contributed by atoms with Crippen LogP contribution in [0.5, 0.6) is 0 Å². The lowest BCUT2D eigenvalue weighted by molar-refractivity contribution is -0.148. The molecule has 0 aliphatic carbocycles. The number of ether oxygens (including phenoxy) is 1. The predicted molar refractivity (Wildman–Crippen MR) is 133 cm³/mol. The number of thioether (sulfide) groups is 1. The minimum atomic E-state index is -1.06. The lowest BCUT2D eigenvalue weighted by Gasteiger charge is -2.26. The van der Waals surface area contributed by atoms with Crippen LogP contribution in [0.25, 0.3) is 0 Å². The van der Waals surface area contributed by atoms with Gasteiger partial charge in [0, 0.05) is 17.5 Å². The molecular formula is C23H29ClN2O5S2. The van der Waals surface area contributed by atoms with E-state index in [-0.39, 0.29) is 36.7 Å². The van der Waals surface area contributed by atoms with E-state index in [1.165, 1.54) is 4.90 Å². The van der Waals surface area contributed by atoms with Gasteiger partial charge in [-0.3, -0.25) is 19.7 Å². The van der Waals surface area contributed by atoms with Crippen molar-refractivity contribution < 1.29 is 24.2 Å².